The van der Waals surface area contributed by atoms with E-state index in [9.17, 15) is 9.59 Å². The SMILES string of the molecule is CS[C@H]1[C@H](C)C(=O)N1CC(=O)OCc1ccccc1. The van der Waals surface area contributed by atoms with Gasteiger partial charge in [0.15, 0.2) is 0 Å². The number of benzene rings is 1. The fraction of sp³-hybridized carbons (Fsp3) is 0.429. The van der Waals surface area contributed by atoms with E-state index in [-0.39, 0.29) is 36.3 Å². The lowest BCUT2D eigenvalue weighted by Gasteiger charge is -2.44. The second-order valence-electron chi connectivity index (χ2n) is 4.53. The molecule has 1 aromatic carbocycles. The number of hydrogen-bond donors (Lipinski definition) is 0. The Morgan fingerprint density at radius 1 is 1.37 bits per heavy atom. The monoisotopic (exact) mass is 279 g/mol. The van der Waals surface area contributed by atoms with Gasteiger partial charge in [-0.2, -0.15) is 0 Å². The van der Waals surface area contributed by atoms with Gasteiger partial charge in [0.2, 0.25) is 5.91 Å². The molecule has 2 atom stereocenters. The molecule has 19 heavy (non-hydrogen) atoms. The number of hydrogen-bond acceptors (Lipinski definition) is 4. The highest BCUT2D eigenvalue weighted by Gasteiger charge is 2.44. The topological polar surface area (TPSA) is 46.6 Å². The number of nitrogens with zero attached hydrogens (tertiary/aromatic N) is 1. The van der Waals surface area contributed by atoms with E-state index in [2.05, 4.69) is 0 Å². The molecule has 1 amide bonds. The van der Waals surface area contributed by atoms with Crippen molar-refractivity contribution in [1.29, 1.82) is 0 Å². The molecule has 1 aromatic rings. The fourth-order valence-corrected chi connectivity index (χ4v) is 3.08. The summed E-state index contributed by atoms with van der Waals surface area (Å²) in [5, 5.41) is 0.0942. The van der Waals surface area contributed by atoms with Crippen LogP contribution in [0.1, 0.15) is 12.5 Å². The number of rotatable bonds is 5. The summed E-state index contributed by atoms with van der Waals surface area (Å²) in [6.45, 7) is 2.18. The molecule has 0 unspecified atom stereocenters. The second-order valence-corrected chi connectivity index (χ2v) is 5.48. The number of carbonyl (C=O) groups is 2. The third kappa shape index (κ3) is 3.10. The molecular weight excluding hydrogens is 262 g/mol. The highest BCUT2D eigenvalue weighted by atomic mass is 32.2. The maximum Gasteiger partial charge on any atom is 0.326 e. The first kappa shape index (κ1) is 13.9. The first-order valence-electron chi connectivity index (χ1n) is 6.16. The van der Waals surface area contributed by atoms with Gasteiger partial charge in [0.25, 0.3) is 0 Å². The van der Waals surface area contributed by atoms with Crippen molar-refractivity contribution < 1.29 is 14.3 Å². The van der Waals surface area contributed by atoms with Gasteiger partial charge < -0.3 is 9.64 Å². The Labute approximate surface area is 117 Å². The third-order valence-corrected chi connectivity index (χ3v) is 4.34. The minimum Gasteiger partial charge on any atom is -0.459 e. The summed E-state index contributed by atoms with van der Waals surface area (Å²) >= 11 is 1.59. The molecule has 1 fully saturated rings. The van der Waals surface area contributed by atoms with E-state index >= 15 is 0 Å². The second kappa shape index (κ2) is 6.10. The van der Waals surface area contributed by atoms with Crippen LogP contribution in [0.15, 0.2) is 30.3 Å². The smallest absolute Gasteiger partial charge is 0.326 e. The van der Waals surface area contributed by atoms with Crippen LogP contribution in [0, 0.1) is 5.92 Å². The molecular formula is C14H17NO3S. The zero-order valence-electron chi connectivity index (χ0n) is 11.0. The number of likely N-dealkylation sites (tertiary alicyclic amines) is 1. The largest absolute Gasteiger partial charge is 0.459 e. The average molecular weight is 279 g/mol. The van der Waals surface area contributed by atoms with Crippen molar-refractivity contribution in [2.45, 2.75) is 18.9 Å². The van der Waals surface area contributed by atoms with Gasteiger partial charge in [-0.3, -0.25) is 9.59 Å². The quantitative estimate of drug-likeness (QED) is 0.610. The zero-order chi connectivity index (χ0) is 13.8. The molecule has 0 saturated carbocycles. The molecule has 0 bridgehead atoms. The van der Waals surface area contributed by atoms with Gasteiger partial charge in [0.1, 0.15) is 13.2 Å². The standard InChI is InChI=1S/C14H17NO3S/c1-10-13(17)15(14(10)19-2)8-12(16)18-9-11-6-4-3-5-7-11/h3-7,10,14H,8-9H2,1-2H3/t10-,14+/m1/s1. The Hall–Kier alpha value is -1.49. The van der Waals surface area contributed by atoms with Crippen molar-refractivity contribution in [3.05, 3.63) is 35.9 Å². The van der Waals surface area contributed by atoms with Crippen LogP contribution in [0.5, 0.6) is 0 Å². The lowest BCUT2D eigenvalue weighted by atomic mass is 10.0. The van der Waals surface area contributed by atoms with Crippen molar-refractivity contribution in [1.82, 2.24) is 4.90 Å². The number of thioether (sulfide) groups is 1. The van der Waals surface area contributed by atoms with Gasteiger partial charge in [0.05, 0.1) is 11.3 Å². The molecule has 102 valence electrons. The van der Waals surface area contributed by atoms with E-state index in [1.807, 2.05) is 43.5 Å². The number of carbonyl (C=O) groups excluding carboxylic acids is 2. The molecule has 1 aliphatic heterocycles. The summed E-state index contributed by atoms with van der Waals surface area (Å²) in [4.78, 5) is 24.9. The maximum absolute atomic E-state index is 11.7. The van der Waals surface area contributed by atoms with Crippen molar-refractivity contribution in [2.24, 2.45) is 5.92 Å². The lowest BCUT2D eigenvalue weighted by molar-refractivity contribution is -0.159. The van der Waals surface area contributed by atoms with Crippen molar-refractivity contribution >= 4 is 23.6 Å². The predicted molar refractivity (Wildman–Crippen MR) is 74.4 cm³/mol. The van der Waals surface area contributed by atoms with Crippen molar-refractivity contribution in [3.63, 3.8) is 0 Å². The normalized spacial score (nSPS) is 22.0. The lowest BCUT2D eigenvalue weighted by Crippen LogP contribution is -2.59. The molecule has 0 aliphatic carbocycles. The van der Waals surface area contributed by atoms with Crippen LogP contribution >= 0.6 is 11.8 Å². The molecule has 2 rings (SSSR count). The first-order chi connectivity index (χ1) is 9.13. The van der Waals surface area contributed by atoms with Crippen molar-refractivity contribution in [2.75, 3.05) is 12.8 Å². The molecule has 1 saturated heterocycles. The van der Waals surface area contributed by atoms with Gasteiger partial charge in [-0.25, -0.2) is 0 Å². The minimum absolute atomic E-state index is 0.00285. The van der Waals surface area contributed by atoms with Crippen LogP contribution in [0.4, 0.5) is 0 Å². The summed E-state index contributed by atoms with van der Waals surface area (Å²) in [5.41, 5.74) is 0.945. The minimum atomic E-state index is -0.358. The summed E-state index contributed by atoms with van der Waals surface area (Å²) in [6.07, 6.45) is 1.94. The molecule has 5 heteroatoms. The van der Waals surface area contributed by atoms with Gasteiger partial charge in [-0.15, -0.1) is 11.8 Å². The third-order valence-electron chi connectivity index (χ3n) is 3.19. The Morgan fingerprint density at radius 3 is 2.68 bits per heavy atom. The van der Waals surface area contributed by atoms with E-state index < -0.39 is 0 Å². The highest BCUT2D eigenvalue weighted by molar-refractivity contribution is 7.99. The van der Waals surface area contributed by atoms with Crippen LogP contribution in [0.3, 0.4) is 0 Å². The number of amides is 1. The summed E-state index contributed by atoms with van der Waals surface area (Å²) < 4.78 is 5.17. The van der Waals surface area contributed by atoms with E-state index in [1.165, 1.54) is 0 Å². The van der Waals surface area contributed by atoms with Crippen molar-refractivity contribution in [3.8, 4) is 0 Å². The van der Waals surface area contributed by atoms with Crippen LogP contribution in [0.25, 0.3) is 0 Å². The number of β-lactam (4-membered cyclic amide) rings is 1. The van der Waals surface area contributed by atoms with E-state index in [0.717, 1.165) is 5.56 Å². The van der Waals surface area contributed by atoms with Gasteiger partial charge in [-0.05, 0) is 11.8 Å². The summed E-state index contributed by atoms with van der Waals surface area (Å²) in [6, 6.07) is 9.50. The zero-order valence-corrected chi connectivity index (χ0v) is 11.9. The Kier molecular flexibility index (Phi) is 4.47. The van der Waals surface area contributed by atoms with Crippen LogP contribution in [-0.4, -0.2) is 35.0 Å². The predicted octanol–water partition coefficient (Wildman–Crippen LogP) is 1.90. The molecule has 0 aromatic heterocycles. The molecule has 0 spiro atoms. The van der Waals surface area contributed by atoms with Gasteiger partial charge in [0, 0.05) is 0 Å². The number of ether oxygens (including phenoxy) is 1. The molecule has 1 heterocycles. The van der Waals surface area contributed by atoms with E-state index in [1.54, 1.807) is 16.7 Å². The van der Waals surface area contributed by atoms with Crippen LogP contribution < -0.4 is 0 Å². The average Bonchev–Trinajstić information content (AvgIpc) is 2.45. The Bertz CT molecular complexity index is 463. The molecule has 4 nitrogen and oxygen atoms in total. The summed E-state index contributed by atoms with van der Waals surface area (Å²) in [7, 11) is 0. The summed E-state index contributed by atoms with van der Waals surface area (Å²) in [5.74, 6) is -0.337. The van der Waals surface area contributed by atoms with Crippen LogP contribution in [0.2, 0.25) is 0 Å². The highest BCUT2D eigenvalue weighted by Crippen LogP contribution is 2.32. The first-order valence-corrected chi connectivity index (χ1v) is 7.45. The van der Waals surface area contributed by atoms with E-state index in [0.29, 0.717) is 0 Å². The van der Waals surface area contributed by atoms with Gasteiger partial charge >= 0.3 is 5.97 Å². The molecule has 0 radical (unpaired) electrons. The Balaban J connectivity index is 1.80. The fourth-order valence-electron chi connectivity index (χ4n) is 2.12. The van der Waals surface area contributed by atoms with E-state index in [4.69, 9.17) is 4.74 Å². The van der Waals surface area contributed by atoms with Gasteiger partial charge in [-0.1, -0.05) is 37.3 Å². The number of esters is 1. The molecule has 1 aliphatic rings. The van der Waals surface area contributed by atoms with Crippen LogP contribution in [-0.2, 0) is 20.9 Å². The molecule has 0 N–H and O–H groups in total. The maximum atomic E-state index is 11.7. The Morgan fingerprint density at radius 2 is 2.05 bits per heavy atom.